The average Bonchev–Trinajstić information content (AvgIpc) is 3.25. The molecule has 6 aromatic carbocycles. The monoisotopic (exact) mass is 913 g/mol. The highest BCUT2D eigenvalue weighted by molar-refractivity contribution is 5.75. The molecule has 9 rings (SSSR count). The van der Waals surface area contributed by atoms with Crippen LogP contribution in [0.15, 0.2) is 97.1 Å². The fourth-order valence-corrected chi connectivity index (χ4v) is 9.29. The van der Waals surface area contributed by atoms with Crippen LogP contribution in [-0.2, 0) is 47.3 Å². The van der Waals surface area contributed by atoms with Crippen LogP contribution in [0.25, 0.3) is 12.2 Å². The Morgan fingerprint density at radius 2 is 0.588 bits per heavy atom. The Morgan fingerprint density at radius 1 is 0.338 bits per heavy atom. The van der Waals surface area contributed by atoms with E-state index in [0.717, 1.165) is 101 Å². The van der Waals surface area contributed by atoms with Crippen molar-refractivity contribution >= 4 is 12.2 Å². The van der Waals surface area contributed by atoms with Gasteiger partial charge in [-0.05, 0) is 101 Å². The summed E-state index contributed by atoms with van der Waals surface area (Å²) in [7, 11) is 0. The van der Waals surface area contributed by atoms with Gasteiger partial charge in [0.1, 0.15) is 60.9 Å². The molecule has 0 amide bonds. The Bertz CT molecular complexity index is 2560. The van der Waals surface area contributed by atoms with Gasteiger partial charge in [0.25, 0.3) is 0 Å². The standard InChI is InChI=1S/C62H72O6/c1-59(2,3)49-31-41-27-45-35-51(61(7,8)9)37-47-29-43-33-50(60(4,5)6)34-44(56(43)64)30-48-38-52(62(10,11)12)36-46(28-42(32-49)55(41)63)58(48)68-26-24-66-54-20-16-14-18-40(54)22-21-39-17-13-15-19-53(39)65-23-25-67-57(45)47/h13-22,31-38,63-64H,23-30H2,1-12H3/b22-21+. The quantitative estimate of drug-likeness (QED) is 0.158. The summed E-state index contributed by atoms with van der Waals surface area (Å²) in [6, 6.07) is 33.8. The zero-order chi connectivity index (χ0) is 48.8. The van der Waals surface area contributed by atoms with E-state index in [4.69, 9.17) is 18.9 Å². The van der Waals surface area contributed by atoms with Gasteiger partial charge in [-0.15, -0.1) is 0 Å². The van der Waals surface area contributed by atoms with Crippen molar-refractivity contribution in [2.24, 2.45) is 0 Å². The predicted molar refractivity (Wildman–Crippen MR) is 279 cm³/mol. The molecular formula is C62H72O6. The van der Waals surface area contributed by atoms with Crippen LogP contribution in [0.2, 0.25) is 0 Å². The SMILES string of the molecule is CC(C)(C)c1cc2c(O)c(c1)Cc1cc(C(C)(C)C)cc3c1OCCOc1ccccc1/C=C/c1ccccc1OCCOc1c(cc(C(C)(C)C)cc1Cc1cc(C(C)(C)C)cc(c1O)C3)C2. The van der Waals surface area contributed by atoms with Gasteiger partial charge in [-0.25, -0.2) is 0 Å². The molecular weight excluding hydrogens is 841 g/mol. The molecule has 0 aromatic heterocycles. The van der Waals surface area contributed by atoms with E-state index >= 15 is 0 Å². The molecule has 6 aromatic rings. The maximum absolute atomic E-state index is 12.7. The first kappa shape index (κ1) is 48.3. The van der Waals surface area contributed by atoms with Crippen molar-refractivity contribution in [3.05, 3.63) is 175 Å². The van der Waals surface area contributed by atoms with Gasteiger partial charge in [0.05, 0.1) is 0 Å². The number of hydrogen-bond acceptors (Lipinski definition) is 6. The summed E-state index contributed by atoms with van der Waals surface area (Å²) in [5.74, 6) is 3.54. The molecule has 0 spiro atoms. The number of fused-ring (bicyclic) bond motifs is 6. The predicted octanol–water partition coefficient (Wildman–Crippen LogP) is 14.4. The molecule has 3 aliphatic rings. The van der Waals surface area contributed by atoms with Crippen molar-refractivity contribution in [3.63, 3.8) is 0 Å². The molecule has 0 saturated heterocycles. The van der Waals surface area contributed by atoms with Gasteiger partial charge < -0.3 is 29.2 Å². The number of rotatable bonds is 0. The number of para-hydroxylation sites is 2. The van der Waals surface area contributed by atoms with Crippen LogP contribution >= 0.6 is 0 Å². The first-order valence-corrected chi connectivity index (χ1v) is 24.4. The molecule has 6 heteroatoms. The molecule has 1 aliphatic carbocycles. The van der Waals surface area contributed by atoms with E-state index in [1.807, 2.05) is 48.5 Å². The summed E-state index contributed by atoms with van der Waals surface area (Å²) in [6.45, 7) is 27.9. The smallest absolute Gasteiger partial charge is 0.126 e. The van der Waals surface area contributed by atoms with Crippen LogP contribution in [0.1, 0.15) is 161 Å². The molecule has 0 atom stereocenters. The largest absolute Gasteiger partial charge is 0.507 e. The van der Waals surface area contributed by atoms with Crippen LogP contribution in [0.4, 0.5) is 0 Å². The van der Waals surface area contributed by atoms with Crippen LogP contribution < -0.4 is 18.9 Å². The maximum atomic E-state index is 12.7. The summed E-state index contributed by atoms with van der Waals surface area (Å²) in [6.07, 6.45) is 5.84. The van der Waals surface area contributed by atoms with Gasteiger partial charge in [-0.3, -0.25) is 0 Å². The second-order valence-electron chi connectivity index (χ2n) is 23.0. The fraction of sp³-hybridized carbons (Fsp3) is 0.387. The third-order valence-corrected chi connectivity index (χ3v) is 13.5. The molecule has 2 aliphatic heterocycles. The van der Waals surface area contributed by atoms with Crippen LogP contribution in [0, 0.1) is 0 Å². The van der Waals surface area contributed by atoms with Crippen LogP contribution in [-0.4, -0.2) is 36.6 Å². The van der Waals surface area contributed by atoms with Gasteiger partial charge in [0.15, 0.2) is 0 Å². The molecule has 0 unspecified atom stereocenters. The topological polar surface area (TPSA) is 77.4 Å². The minimum absolute atomic E-state index is 0.207. The Labute approximate surface area is 406 Å². The zero-order valence-electron chi connectivity index (χ0n) is 42.6. The highest BCUT2D eigenvalue weighted by Crippen LogP contribution is 2.44. The van der Waals surface area contributed by atoms with Crippen molar-refractivity contribution in [1.29, 1.82) is 0 Å². The lowest BCUT2D eigenvalue weighted by Gasteiger charge is -2.28. The summed E-state index contributed by atoms with van der Waals surface area (Å²) >= 11 is 0. The Hall–Kier alpha value is -6.14. The van der Waals surface area contributed by atoms with Crippen molar-refractivity contribution in [3.8, 4) is 34.5 Å². The molecule has 6 nitrogen and oxygen atoms in total. The lowest BCUT2D eigenvalue weighted by atomic mass is 9.79. The molecule has 2 N–H and O–H groups in total. The van der Waals surface area contributed by atoms with Gasteiger partial charge in [0.2, 0.25) is 0 Å². The lowest BCUT2D eigenvalue weighted by Crippen LogP contribution is -2.18. The number of aromatic hydroxyl groups is 2. The Kier molecular flexibility index (Phi) is 13.3. The first-order chi connectivity index (χ1) is 32.0. The molecule has 0 saturated carbocycles. The summed E-state index contributed by atoms with van der Waals surface area (Å²) < 4.78 is 27.0. The molecule has 2 heterocycles. The van der Waals surface area contributed by atoms with E-state index in [1.54, 1.807) is 0 Å². The fourth-order valence-electron chi connectivity index (χ4n) is 9.29. The van der Waals surface area contributed by atoms with E-state index in [2.05, 4.69) is 144 Å². The van der Waals surface area contributed by atoms with Gasteiger partial charge in [-0.2, -0.15) is 0 Å². The minimum Gasteiger partial charge on any atom is -0.507 e. The summed E-state index contributed by atoms with van der Waals surface area (Å²) in [5, 5.41) is 25.4. The van der Waals surface area contributed by atoms with Gasteiger partial charge in [-0.1, -0.05) is 180 Å². The third-order valence-electron chi connectivity index (χ3n) is 13.5. The van der Waals surface area contributed by atoms with Crippen molar-refractivity contribution in [2.75, 3.05) is 26.4 Å². The molecule has 0 fully saturated rings. The lowest BCUT2D eigenvalue weighted by molar-refractivity contribution is 0.214. The van der Waals surface area contributed by atoms with Crippen molar-refractivity contribution in [2.45, 2.75) is 130 Å². The Morgan fingerprint density at radius 3 is 0.868 bits per heavy atom. The molecule has 356 valence electrons. The van der Waals surface area contributed by atoms with Gasteiger partial charge in [0, 0.05) is 36.8 Å². The third kappa shape index (κ3) is 10.8. The first-order valence-electron chi connectivity index (χ1n) is 24.4. The number of ether oxygens (including phenoxy) is 4. The number of hydrogen-bond donors (Lipinski definition) is 2. The van der Waals surface area contributed by atoms with E-state index in [-0.39, 0.29) is 46.4 Å². The van der Waals surface area contributed by atoms with Gasteiger partial charge >= 0.3 is 0 Å². The summed E-state index contributed by atoms with van der Waals surface area (Å²) in [5.41, 5.74) is 12.8. The van der Waals surface area contributed by atoms with Crippen LogP contribution in [0.5, 0.6) is 34.5 Å². The number of phenolic OH excluding ortho intramolecular Hbond substituents is 2. The van der Waals surface area contributed by atoms with E-state index < -0.39 is 0 Å². The van der Waals surface area contributed by atoms with Crippen molar-refractivity contribution < 1.29 is 29.2 Å². The highest BCUT2D eigenvalue weighted by Gasteiger charge is 2.29. The average molecular weight is 913 g/mol. The molecule has 10 bridgehead atoms. The van der Waals surface area contributed by atoms with E-state index in [9.17, 15) is 10.2 Å². The minimum atomic E-state index is -0.210. The zero-order valence-corrected chi connectivity index (χ0v) is 42.6. The number of benzene rings is 6. The van der Waals surface area contributed by atoms with Crippen LogP contribution in [0.3, 0.4) is 0 Å². The molecule has 68 heavy (non-hydrogen) atoms. The highest BCUT2D eigenvalue weighted by atomic mass is 16.5. The summed E-state index contributed by atoms with van der Waals surface area (Å²) in [4.78, 5) is 0. The van der Waals surface area contributed by atoms with E-state index in [1.165, 1.54) is 0 Å². The Balaban J connectivity index is 1.43. The maximum Gasteiger partial charge on any atom is 0.126 e. The second-order valence-corrected chi connectivity index (χ2v) is 23.0. The van der Waals surface area contributed by atoms with Crippen molar-refractivity contribution in [1.82, 2.24) is 0 Å². The molecule has 0 radical (unpaired) electrons. The normalized spacial score (nSPS) is 15.3. The second kappa shape index (κ2) is 18.7. The number of phenols is 2. The van der Waals surface area contributed by atoms with E-state index in [0.29, 0.717) is 38.9 Å².